The number of aliphatic carboxylic acids is 1. The third-order valence-corrected chi connectivity index (χ3v) is 4.49. The van der Waals surface area contributed by atoms with Crippen LogP contribution in [0.4, 0.5) is 0 Å². The molecule has 2 fully saturated rings. The van der Waals surface area contributed by atoms with E-state index in [1.54, 1.807) is 0 Å². The van der Waals surface area contributed by atoms with E-state index in [-0.39, 0.29) is 6.54 Å². The van der Waals surface area contributed by atoms with Crippen molar-refractivity contribution in [1.82, 2.24) is 4.90 Å². The van der Waals surface area contributed by atoms with Crippen LogP contribution in [-0.4, -0.2) is 34.6 Å². The molecule has 2 saturated carbocycles. The maximum Gasteiger partial charge on any atom is 0.317 e. The Morgan fingerprint density at radius 3 is 1.94 bits per heavy atom. The van der Waals surface area contributed by atoms with E-state index in [0.29, 0.717) is 12.1 Å². The van der Waals surface area contributed by atoms with Gasteiger partial charge in [0.1, 0.15) is 0 Å². The highest BCUT2D eigenvalue weighted by molar-refractivity contribution is 5.69. The van der Waals surface area contributed by atoms with Gasteiger partial charge < -0.3 is 5.11 Å². The van der Waals surface area contributed by atoms with Crippen LogP contribution in [0.5, 0.6) is 0 Å². The molecule has 0 atom stereocenters. The van der Waals surface area contributed by atoms with Crippen molar-refractivity contribution in [1.29, 1.82) is 0 Å². The van der Waals surface area contributed by atoms with Crippen LogP contribution in [0.3, 0.4) is 0 Å². The Kier molecular flexibility index (Phi) is 4.08. The molecule has 3 heteroatoms. The lowest BCUT2D eigenvalue weighted by molar-refractivity contribution is -0.139. The zero-order valence-electron chi connectivity index (χ0n) is 11.1. The molecule has 1 N–H and O–H groups in total. The Morgan fingerprint density at radius 1 is 1.12 bits per heavy atom. The summed E-state index contributed by atoms with van der Waals surface area (Å²) in [7, 11) is 0. The second-order valence-electron chi connectivity index (χ2n) is 6.11. The first-order chi connectivity index (χ1) is 8.08. The first-order valence-corrected chi connectivity index (χ1v) is 7.05. The molecule has 0 aliphatic heterocycles. The standard InChI is InChI=1S/C14H25NO2/c1-10(2)11-3-5-12(6-4-11)15(9-14(16)17)13-7-8-13/h10-13H,3-9H2,1-2H3,(H,16,17). The fourth-order valence-electron chi connectivity index (χ4n) is 3.22. The summed E-state index contributed by atoms with van der Waals surface area (Å²) in [6.45, 7) is 4.86. The summed E-state index contributed by atoms with van der Waals surface area (Å²) >= 11 is 0. The van der Waals surface area contributed by atoms with Crippen molar-refractivity contribution in [2.24, 2.45) is 11.8 Å². The molecule has 0 amide bonds. The number of nitrogens with zero attached hydrogens (tertiary/aromatic N) is 1. The average Bonchev–Trinajstić information content (AvgIpc) is 3.09. The molecule has 0 heterocycles. The van der Waals surface area contributed by atoms with Crippen molar-refractivity contribution in [3.8, 4) is 0 Å². The second-order valence-corrected chi connectivity index (χ2v) is 6.11. The predicted octanol–water partition coefficient (Wildman–Crippen LogP) is 2.75. The molecule has 0 aromatic rings. The SMILES string of the molecule is CC(C)C1CCC(N(CC(=O)O)C2CC2)CC1. The van der Waals surface area contributed by atoms with Gasteiger partial charge in [-0.1, -0.05) is 13.8 Å². The molecule has 98 valence electrons. The summed E-state index contributed by atoms with van der Waals surface area (Å²) in [6, 6.07) is 1.11. The Labute approximate surface area is 104 Å². The van der Waals surface area contributed by atoms with Gasteiger partial charge in [-0.25, -0.2) is 0 Å². The van der Waals surface area contributed by atoms with Crippen LogP contribution in [0.25, 0.3) is 0 Å². The molecule has 0 unspecified atom stereocenters. The Morgan fingerprint density at radius 2 is 1.59 bits per heavy atom. The van der Waals surface area contributed by atoms with Gasteiger partial charge in [-0.15, -0.1) is 0 Å². The lowest BCUT2D eigenvalue weighted by Gasteiger charge is -2.37. The minimum atomic E-state index is -0.664. The van der Waals surface area contributed by atoms with Crippen molar-refractivity contribution >= 4 is 5.97 Å². The van der Waals surface area contributed by atoms with Crippen LogP contribution >= 0.6 is 0 Å². The average molecular weight is 239 g/mol. The van der Waals surface area contributed by atoms with Crippen molar-refractivity contribution in [3.63, 3.8) is 0 Å². The molecule has 2 aliphatic carbocycles. The summed E-state index contributed by atoms with van der Waals surface area (Å²) in [6.07, 6.45) is 7.38. The van der Waals surface area contributed by atoms with Crippen LogP contribution in [0.2, 0.25) is 0 Å². The molecule has 3 nitrogen and oxygen atoms in total. The second kappa shape index (κ2) is 5.38. The molecule has 2 rings (SSSR count). The fraction of sp³-hybridized carbons (Fsp3) is 0.929. The van der Waals surface area contributed by atoms with Gasteiger partial charge in [0, 0.05) is 12.1 Å². The van der Waals surface area contributed by atoms with Crippen LogP contribution in [0.1, 0.15) is 52.4 Å². The summed E-state index contributed by atoms with van der Waals surface area (Å²) < 4.78 is 0. The van der Waals surface area contributed by atoms with Gasteiger partial charge in [-0.05, 0) is 50.4 Å². The Hall–Kier alpha value is -0.570. The third-order valence-electron chi connectivity index (χ3n) is 4.49. The molecule has 0 radical (unpaired) electrons. The van der Waals surface area contributed by atoms with Crippen molar-refractivity contribution in [2.75, 3.05) is 6.54 Å². The highest BCUT2D eigenvalue weighted by Crippen LogP contribution is 2.36. The van der Waals surface area contributed by atoms with Crippen molar-refractivity contribution in [3.05, 3.63) is 0 Å². The predicted molar refractivity (Wildman–Crippen MR) is 67.9 cm³/mol. The minimum absolute atomic E-state index is 0.252. The number of rotatable bonds is 5. The zero-order valence-corrected chi connectivity index (χ0v) is 11.1. The monoisotopic (exact) mass is 239 g/mol. The summed E-state index contributed by atoms with van der Waals surface area (Å²) in [5, 5.41) is 8.99. The van der Waals surface area contributed by atoms with Gasteiger partial charge in [0.25, 0.3) is 0 Å². The van der Waals surface area contributed by atoms with Crippen LogP contribution in [0, 0.1) is 11.8 Å². The molecule has 0 aromatic carbocycles. The normalized spacial score (nSPS) is 29.9. The molecule has 0 saturated heterocycles. The first kappa shape index (κ1) is 12.9. The molecule has 2 aliphatic rings. The van der Waals surface area contributed by atoms with Crippen molar-refractivity contribution in [2.45, 2.75) is 64.5 Å². The van der Waals surface area contributed by atoms with E-state index in [1.165, 1.54) is 38.5 Å². The number of hydrogen-bond acceptors (Lipinski definition) is 2. The number of carboxylic acid groups (broad SMARTS) is 1. The quantitative estimate of drug-likeness (QED) is 0.802. The third kappa shape index (κ3) is 3.44. The highest BCUT2D eigenvalue weighted by atomic mass is 16.4. The van der Waals surface area contributed by atoms with Gasteiger partial charge in [0.05, 0.1) is 6.54 Å². The van der Waals surface area contributed by atoms with Gasteiger partial charge in [0.15, 0.2) is 0 Å². The maximum absolute atomic E-state index is 10.9. The highest BCUT2D eigenvalue weighted by Gasteiger charge is 2.36. The topological polar surface area (TPSA) is 40.5 Å². The van der Waals surface area contributed by atoms with E-state index in [4.69, 9.17) is 5.11 Å². The number of hydrogen-bond donors (Lipinski definition) is 1. The van der Waals surface area contributed by atoms with Crippen LogP contribution in [-0.2, 0) is 4.79 Å². The summed E-state index contributed by atoms with van der Waals surface area (Å²) in [4.78, 5) is 13.2. The van der Waals surface area contributed by atoms with E-state index in [2.05, 4.69) is 18.7 Å². The van der Waals surface area contributed by atoms with Crippen LogP contribution < -0.4 is 0 Å². The fourth-order valence-corrected chi connectivity index (χ4v) is 3.22. The maximum atomic E-state index is 10.9. The number of carboxylic acids is 1. The van der Waals surface area contributed by atoms with E-state index in [0.717, 1.165) is 11.8 Å². The van der Waals surface area contributed by atoms with E-state index in [9.17, 15) is 4.79 Å². The lowest BCUT2D eigenvalue weighted by atomic mass is 9.79. The van der Waals surface area contributed by atoms with E-state index in [1.807, 2.05) is 0 Å². The van der Waals surface area contributed by atoms with E-state index >= 15 is 0 Å². The van der Waals surface area contributed by atoms with Gasteiger partial charge in [0.2, 0.25) is 0 Å². The summed E-state index contributed by atoms with van der Waals surface area (Å²) in [5.74, 6) is 0.977. The van der Waals surface area contributed by atoms with Gasteiger partial charge in [-0.3, -0.25) is 9.69 Å². The summed E-state index contributed by atoms with van der Waals surface area (Å²) in [5.41, 5.74) is 0. The van der Waals surface area contributed by atoms with Gasteiger partial charge >= 0.3 is 5.97 Å². The largest absolute Gasteiger partial charge is 0.480 e. The number of carbonyl (C=O) groups is 1. The van der Waals surface area contributed by atoms with E-state index < -0.39 is 5.97 Å². The Balaban J connectivity index is 1.86. The molecular formula is C14H25NO2. The van der Waals surface area contributed by atoms with Crippen molar-refractivity contribution < 1.29 is 9.90 Å². The Bertz CT molecular complexity index is 265. The van der Waals surface area contributed by atoms with Crippen LogP contribution in [0.15, 0.2) is 0 Å². The molecule has 0 spiro atoms. The smallest absolute Gasteiger partial charge is 0.317 e. The zero-order chi connectivity index (χ0) is 12.4. The lowest BCUT2D eigenvalue weighted by Crippen LogP contribution is -2.43. The molecular weight excluding hydrogens is 214 g/mol. The van der Waals surface area contributed by atoms with Gasteiger partial charge in [-0.2, -0.15) is 0 Å². The molecule has 0 aromatic heterocycles. The molecule has 17 heavy (non-hydrogen) atoms. The molecule has 0 bridgehead atoms. The first-order valence-electron chi connectivity index (χ1n) is 7.05. The minimum Gasteiger partial charge on any atom is -0.480 e.